The molecule has 0 amide bonds. The highest BCUT2D eigenvalue weighted by Gasteiger charge is 2.09. The van der Waals surface area contributed by atoms with E-state index in [2.05, 4.69) is 77.8 Å². The summed E-state index contributed by atoms with van der Waals surface area (Å²) in [6, 6.07) is 14.9. The maximum atomic E-state index is 4.79. The molecular weight excluding hydrogens is 489 g/mol. The van der Waals surface area contributed by atoms with E-state index in [1.807, 2.05) is 28.8 Å². The Morgan fingerprint density at radius 2 is 1.80 bits per heavy atom. The summed E-state index contributed by atoms with van der Waals surface area (Å²) < 4.78 is 1.98. The summed E-state index contributed by atoms with van der Waals surface area (Å²) in [6.45, 7) is 9.37. The van der Waals surface area contributed by atoms with Gasteiger partial charge in [0.25, 0.3) is 0 Å². The number of fused-ring (bicyclic) bond motifs is 1. The third kappa shape index (κ3) is 6.40. The minimum absolute atomic E-state index is 0. The molecule has 30 heavy (non-hydrogen) atoms. The van der Waals surface area contributed by atoms with Crippen molar-refractivity contribution in [2.24, 2.45) is 4.99 Å². The number of aliphatic imine (C=N–C) groups is 1. The summed E-state index contributed by atoms with van der Waals surface area (Å²) >= 11 is 0. The molecule has 0 spiro atoms. The van der Waals surface area contributed by atoms with Gasteiger partial charge in [-0.2, -0.15) is 0 Å². The van der Waals surface area contributed by atoms with Crippen molar-refractivity contribution >= 4 is 35.6 Å². The van der Waals surface area contributed by atoms with Gasteiger partial charge in [0.1, 0.15) is 0 Å². The van der Waals surface area contributed by atoms with Gasteiger partial charge in [0.05, 0.1) is 13.1 Å². The molecule has 8 heteroatoms. The average Bonchev–Trinajstić information content (AvgIpc) is 3.14. The lowest BCUT2D eigenvalue weighted by Crippen LogP contribution is -2.37. The minimum Gasteiger partial charge on any atom is -0.357 e. The van der Waals surface area contributed by atoms with Crippen molar-refractivity contribution in [1.29, 1.82) is 0 Å². The molecule has 1 aromatic carbocycles. The molecule has 0 atom stereocenters. The normalized spacial score (nSPS) is 11.7. The largest absolute Gasteiger partial charge is 0.357 e. The highest BCUT2D eigenvalue weighted by molar-refractivity contribution is 14.0. The highest BCUT2D eigenvalue weighted by atomic mass is 127. The van der Waals surface area contributed by atoms with E-state index in [4.69, 9.17) is 4.99 Å². The first-order valence-electron chi connectivity index (χ1n) is 10.2. The molecule has 0 aliphatic rings. The van der Waals surface area contributed by atoms with Gasteiger partial charge < -0.3 is 10.6 Å². The predicted molar refractivity (Wildman–Crippen MR) is 133 cm³/mol. The van der Waals surface area contributed by atoms with Gasteiger partial charge in [0.2, 0.25) is 0 Å². The summed E-state index contributed by atoms with van der Waals surface area (Å²) in [5.41, 5.74) is 3.39. The smallest absolute Gasteiger partial charge is 0.191 e. The molecule has 2 aromatic heterocycles. The molecule has 0 radical (unpaired) electrons. The molecule has 3 rings (SSSR count). The number of hydrogen-bond donors (Lipinski definition) is 2. The van der Waals surface area contributed by atoms with Crippen molar-refractivity contribution in [2.75, 3.05) is 13.6 Å². The van der Waals surface area contributed by atoms with Crippen LogP contribution >= 0.6 is 24.0 Å². The number of halogens is 1. The van der Waals surface area contributed by atoms with Gasteiger partial charge in [0, 0.05) is 25.3 Å². The highest BCUT2D eigenvalue weighted by Crippen LogP contribution is 2.13. The molecule has 0 fully saturated rings. The number of rotatable bonds is 8. The van der Waals surface area contributed by atoms with Crippen LogP contribution in [0.4, 0.5) is 0 Å². The van der Waals surface area contributed by atoms with Crippen molar-refractivity contribution in [2.45, 2.75) is 46.4 Å². The number of pyridine rings is 1. The van der Waals surface area contributed by atoms with Crippen LogP contribution in [0.2, 0.25) is 0 Å². The van der Waals surface area contributed by atoms with E-state index in [0.29, 0.717) is 19.1 Å². The van der Waals surface area contributed by atoms with Crippen molar-refractivity contribution in [3.8, 4) is 0 Å². The van der Waals surface area contributed by atoms with Crippen LogP contribution in [0.15, 0.2) is 53.7 Å². The zero-order chi connectivity index (χ0) is 20.6. The van der Waals surface area contributed by atoms with Crippen LogP contribution in [0.1, 0.15) is 37.7 Å². The summed E-state index contributed by atoms with van der Waals surface area (Å²) in [5.74, 6) is 1.62. The second-order valence-corrected chi connectivity index (χ2v) is 7.37. The lowest BCUT2D eigenvalue weighted by atomic mass is 10.1. The summed E-state index contributed by atoms with van der Waals surface area (Å²) in [4.78, 5) is 7.13. The van der Waals surface area contributed by atoms with Crippen LogP contribution in [0.3, 0.4) is 0 Å². The van der Waals surface area contributed by atoms with Crippen LogP contribution in [-0.2, 0) is 19.6 Å². The van der Waals surface area contributed by atoms with E-state index in [0.717, 1.165) is 30.5 Å². The second kappa shape index (κ2) is 11.8. The molecule has 3 aromatic rings. The number of aromatic nitrogens is 3. The topological polar surface area (TPSA) is 69.8 Å². The Bertz CT molecular complexity index is 951. The zero-order valence-corrected chi connectivity index (χ0v) is 20.5. The van der Waals surface area contributed by atoms with Gasteiger partial charge in [-0.25, -0.2) is 4.99 Å². The monoisotopic (exact) mass is 521 g/mol. The third-order valence-corrected chi connectivity index (χ3v) is 4.97. The summed E-state index contributed by atoms with van der Waals surface area (Å²) in [6.07, 6.45) is 1.97. The fraction of sp³-hybridized carbons (Fsp3) is 0.409. The lowest BCUT2D eigenvalue weighted by Gasteiger charge is -2.22. The predicted octanol–water partition coefficient (Wildman–Crippen LogP) is 3.44. The Labute approximate surface area is 196 Å². The average molecular weight is 521 g/mol. The van der Waals surface area contributed by atoms with Crippen molar-refractivity contribution in [3.63, 3.8) is 0 Å². The second-order valence-electron chi connectivity index (χ2n) is 7.37. The van der Waals surface area contributed by atoms with Crippen molar-refractivity contribution in [1.82, 2.24) is 30.1 Å². The lowest BCUT2D eigenvalue weighted by molar-refractivity contribution is 0.265. The first kappa shape index (κ1) is 24.1. The fourth-order valence-corrected chi connectivity index (χ4v) is 3.00. The van der Waals surface area contributed by atoms with Gasteiger partial charge >= 0.3 is 0 Å². The zero-order valence-electron chi connectivity index (χ0n) is 18.2. The number of guanidine groups is 1. The van der Waals surface area contributed by atoms with Crippen LogP contribution in [0.25, 0.3) is 5.65 Å². The molecule has 0 unspecified atom stereocenters. The summed E-state index contributed by atoms with van der Waals surface area (Å²) in [5, 5.41) is 15.2. The Morgan fingerprint density at radius 3 is 2.53 bits per heavy atom. The number of hydrogen-bond acceptors (Lipinski definition) is 4. The van der Waals surface area contributed by atoms with Crippen LogP contribution in [0, 0.1) is 0 Å². The number of nitrogens with one attached hydrogen (secondary N) is 2. The van der Waals surface area contributed by atoms with Gasteiger partial charge in [-0.05, 0) is 51.1 Å². The first-order chi connectivity index (χ1) is 14.1. The van der Waals surface area contributed by atoms with Gasteiger partial charge in [-0.15, -0.1) is 34.2 Å². The Balaban J connectivity index is 0.00000320. The maximum Gasteiger partial charge on any atom is 0.191 e. The molecule has 7 nitrogen and oxygen atoms in total. The van der Waals surface area contributed by atoms with E-state index in [9.17, 15) is 0 Å². The van der Waals surface area contributed by atoms with Gasteiger partial charge in [0.15, 0.2) is 17.4 Å². The van der Waals surface area contributed by atoms with Crippen LogP contribution in [0.5, 0.6) is 0 Å². The number of nitrogens with zero attached hydrogens (tertiary/aromatic N) is 5. The van der Waals surface area contributed by atoms with Crippen molar-refractivity contribution < 1.29 is 0 Å². The Morgan fingerprint density at radius 1 is 1.07 bits per heavy atom. The van der Waals surface area contributed by atoms with Crippen molar-refractivity contribution in [3.05, 3.63) is 65.6 Å². The molecule has 0 aliphatic heterocycles. The minimum atomic E-state index is 0. The third-order valence-electron chi connectivity index (χ3n) is 4.97. The van der Waals surface area contributed by atoms with E-state index in [1.165, 1.54) is 11.1 Å². The maximum absolute atomic E-state index is 4.79. The molecule has 0 saturated carbocycles. The molecule has 162 valence electrons. The van der Waals surface area contributed by atoms with E-state index < -0.39 is 0 Å². The molecule has 0 aliphatic carbocycles. The molecule has 2 heterocycles. The quantitative estimate of drug-likeness (QED) is 0.270. The molecule has 2 N–H and O–H groups in total. The first-order valence-corrected chi connectivity index (χ1v) is 10.2. The summed E-state index contributed by atoms with van der Waals surface area (Å²) in [7, 11) is 2.15. The standard InChI is InChI=1S/C22H31N7.HI/c1-5-23-22(25-15-21-27-26-20-12-8-9-13-29(20)21)24-14-18-10-6-7-11-19(18)16-28(4)17(2)3;/h6-13,17H,5,14-16H2,1-4H3,(H2,23,24,25);1H. The fourth-order valence-electron chi connectivity index (χ4n) is 3.00. The van der Waals surface area contributed by atoms with Gasteiger partial charge in [-0.3, -0.25) is 9.30 Å². The molecule has 0 saturated heterocycles. The van der Waals surface area contributed by atoms with Crippen LogP contribution in [-0.4, -0.2) is 45.1 Å². The SMILES string of the molecule is CCNC(=NCc1ccccc1CN(C)C(C)C)NCc1nnc2ccccn12.I. The Hall–Kier alpha value is -2.20. The number of benzene rings is 1. The van der Waals surface area contributed by atoms with E-state index in [-0.39, 0.29) is 24.0 Å². The molecular formula is C22H32IN7. The van der Waals surface area contributed by atoms with E-state index >= 15 is 0 Å². The van der Waals surface area contributed by atoms with E-state index in [1.54, 1.807) is 0 Å². The van der Waals surface area contributed by atoms with Crippen LogP contribution < -0.4 is 10.6 Å². The van der Waals surface area contributed by atoms with Gasteiger partial charge in [-0.1, -0.05) is 30.3 Å². The molecule has 0 bridgehead atoms. The Kier molecular flexibility index (Phi) is 9.51.